The maximum absolute atomic E-state index is 12.1. The minimum Gasteiger partial charge on any atom is -0.444 e. The maximum Gasteiger partial charge on any atom is 0.410 e. The van der Waals surface area contributed by atoms with Crippen molar-refractivity contribution >= 4 is 6.09 Å². The van der Waals surface area contributed by atoms with E-state index >= 15 is 0 Å². The summed E-state index contributed by atoms with van der Waals surface area (Å²) < 4.78 is 5.42. The Hall–Kier alpha value is -0.850. The van der Waals surface area contributed by atoms with E-state index in [0.29, 0.717) is 19.6 Å². The average Bonchev–Trinajstić information content (AvgIpc) is 2.33. The zero-order valence-corrected chi connectivity index (χ0v) is 13.6. The molecule has 1 fully saturated rings. The number of ether oxygens (including phenoxy) is 1. The standard InChI is InChI=1S/C14H30N4O2/c1-14(2,3)20-13(19)18-9-8-17(7-6-16(4)5)12(10-15)11-18/h12H,6-11,15H2,1-5H3. The molecule has 0 aromatic carbocycles. The lowest BCUT2D eigenvalue weighted by atomic mass is 10.1. The minimum atomic E-state index is -0.447. The van der Waals surface area contributed by atoms with Crippen LogP contribution < -0.4 is 5.73 Å². The quantitative estimate of drug-likeness (QED) is 0.812. The summed E-state index contributed by atoms with van der Waals surface area (Å²) in [4.78, 5) is 18.4. The molecule has 2 N–H and O–H groups in total. The van der Waals surface area contributed by atoms with E-state index in [0.717, 1.165) is 19.6 Å². The molecule has 0 aromatic heterocycles. The third kappa shape index (κ3) is 5.64. The Bertz CT molecular complexity index is 315. The molecule has 0 bridgehead atoms. The third-order valence-corrected chi connectivity index (χ3v) is 3.36. The number of nitrogens with two attached hydrogens (primary N) is 1. The van der Waals surface area contributed by atoms with Gasteiger partial charge in [0.2, 0.25) is 0 Å². The number of amides is 1. The van der Waals surface area contributed by atoms with Crippen LogP contribution in [0.5, 0.6) is 0 Å². The smallest absolute Gasteiger partial charge is 0.410 e. The highest BCUT2D eigenvalue weighted by Crippen LogP contribution is 2.14. The maximum atomic E-state index is 12.1. The van der Waals surface area contributed by atoms with Crippen LogP contribution in [-0.2, 0) is 4.74 Å². The van der Waals surface area contributed by atoms with E-state index in [4.69, 9.17) is 10.5 Å². The van der Waals surface area contributed by atoms with Crippen LogP contribution in [-0.4, -0.2) is 85.8 Å². The Labute approximate surface area is 122 Å². The summed E-state index contributed by atoms with van der Waals surface area (Å²) in [6.07, 6.45) is -0.233. The first-order valence-corrected chi connectivity index (χ1v) is 7.29. The molecule has 1 atom stereocenters. The molecule has 0 aliphatic carbocycles. The molecule has 1 rings (SSSR count). The van der Waals surface area contributed by atoms with E-state index in [9.17, 15) is 4.79 Å². The van der Waals surface area contributed by atoms with Crippen LogP contribution in [0, 0.1) is 0 Å². The zero-order chi connectivity index (χ0) is 15.3. The second-order valence-corrected chi connectivity index (χ2v) is 6.66. The highest BCUT2D eigenvalue weighted by Gasteiger charge is 2.30. The molecule has 1 aliphatic heterocycles. The van der Waals surface area contributed by atoms with Crippen LogP contribution in [0.4, 0.5) is 4.79 Å². The van der Waals surface area contributed by atoms with Crippen molar-refractivity contribution in [3.05, 3.63) is 0 Å². The van der Waals surface area contributed by atoms with Gasteiger partial charge in [-0.3, -0.25) is 4.90 Å². The third-order valence-electron chi connectivity index (χ3n) is 3.36. The Morgan fingerprint density at radius 1 is 1.35 bits per heavy atom. The molecule has 6 nitrogen and oxygen atoms in total. The van der Waals surface area contributed by atoms with Crippen LogP contribution in [0.25, 0.3) is 0 Å². The summed E-state index contributed by atoms with van der Waals surface area (Å²) in [7, 11) is 4.13. The van der Waals surface area contributed by atoms with Gasteiger partial charge < -0.3 is 20.3 Å². The first kappa shape index (κ1) is 17.2. The summed E-state index contributed by atoms with van der Waals surface area (Å²) in [5.74, 6) is 0. The van der Waals surface area contributed by atoms with Gasteiger partial charge in [-0.1, -0.05) is 0 Å². The number of likely N-dealkylation sites (N-methyl/N-ethyl adjacent to an activating group) is 1. The molecule has 20 heavy (non-hydrogen) atoms. The molecule has 0 saturated carbocycles. The summed E-state index contributed by atoms with van der Waals surface area (Å²) in [5, 5.41) is 0. The van der Waals surface area contributed by atoms with Gasteiger partial charge in [-0.15, -0.1) is 0 Å². The molecule has 0 spiro atoms. The van der Waals surface area contributed by atoms with Gasteiger partial charge in [-0.2, -0.15) is 0 Å². The van der Waals surface area contributed by atoms with Crippen LogP contribution in [0.2, 0.25) is 0 Å². The topological polar surface area (TPSA) is 62.0 Å². The van der Waals surface area contributed by atoms with Gasteiger partial charge in [-0.25, -0.2) is 4.79 Å². The molecule has 0 aromatic rings. The molecule has 1 heterocycles. The lowest BCUT2D eigenvalue weighted by Crippen LogP contribution is -2.58. The van der Waals surface area contributed by atoms with Gasteiger partial charge in [0.05, 0.1) is 0 Å². The first-order chi connectivity index (χ1) is 9.23. The van der Waals surface area contributed by atoms with Crippen molar-refractivity contribution in [2.45, 2.75) is 32.4 Å². The fraction of sp³-hybridized carbons (Fsp3) is 0.929. The number of hydrogen-bond acceptors (Lipinski definition) is 5. The van der Waals surface area contributed by atoms with Gasteiger partial charge in [0.1, 0.15) is 5.60 Å². The number of hydrogen-bond donors (Lipinski definition) is 1. The van der Waals surface area contributed by atoms with E-state index in [-0.39, 0.29) is 12.1 Å². The monoisotopic (exact) mass is 286 g/mol. The molecule has 1 aliphatic rings. The molecule has 1 amide bonds. The van der Waals surface area contributed by atoms with Gasteiger partial charge in [-0.05, 0) is 34.9 Å². The molecule has 118 valence electrons. The number of piperazine rings is 1. The molecule has 1 saturated heterocycles. The van der Waals surface area contributed by atoms with Crippen LogP contribution in [0.15, 0.2) is 0 Å². The number of carbonyl (C=O) groups excluding carboxylic acids is 1. The summed E-state index contributed by atoms with van der Waals surface area (Å²) in [6, 6.07) is 0.219. The summed E-state index contributed by atoms with van der Waals surface area (Å²) in [6.45, 7) is 10.4. The average molecular weight is 286 g/mol. The molecular weight excluding hydrogens is 256 g/mol. The molecule has 6 heteroatoms. The number of rotatable bonds is 4. The molecule has 1 unspecified atom stereocenters. The van der Waals surface area contributed by atoms with E-state index in [1.807, 2.05) is 20.8 Å². The largest absolute Gasteiger partial charge is 0.444 e. The van der Waals surface area contributed by atoms with E-state index < -0.39 is 5.60 Å². The second-order valence-electron chi connectivity index (χ2n) is 6.66. The van der Waals surface area contributed by atoms with Gasteiger partial charge in [0, 0.05) is 45.3 Å². The van der Waals surface area contributed by atoms with Crippen LogP contribution in [0.3, 0.4) is 0 Å². The fourth-order valence-electron chi connectivity index (χ4n) is 2.23. The number of nitrogens with zero attached hydrogens (tertiary/aromatic N) is 3. The van der Waals surface area contributed by atoms with Crippen molar-refractivity contribution in [2.24, 2.45) is 5.73 Å². The van der Waals surface area contributed by atoms with Crippen LogP contribution >= 0.6 is 0 Å². The fourth-order valence-corrected chi connectivity index (χ4v) is 2.23. The van der Waals surface area contributed by atoms with Crippen molar-refractivity contribution < 1.29 is 9.53 Å². The normalized spacial score (nSPS) is 21.4. The van der Waals surface area contributed by atoms with E-state index in [1.165, 1.54) is 0 Å². The second kappa shape index (κ2) is 7.24. The van der Waals surface area contributed by atoms with Crippen molar-refractivity contribution in [1.29, 1.82) is 0 Å². The van der Waals surface area contributed by atoms with Crippen molar-refractivity contribution in [3.8, 4) is 0 Å². The zero-order valence-electron chi connectivity index (χ0n) is 13.6. The first-order valence-electron chi connectivity index (χ1n) is 7.29. The Balaban J connectivity index is 2.52. The van der Waals surface area contributed by atoms with Crippen molar-refractivity contribution in [1.82, 2.24) is 14.7 Å². The van der Waals surface area contributed by atoms with Crippen molar-refractivity contribution in [2.75, 3.05) is 53.4 Å². The Morgan fingerprint density at radius 3 is 2.50 bits per heavy atom. The highest BCUT2D eigenvalue weighted by atomic mass is 16.6. The molecular formula is C14H30N4O2. The Kier molecular flexibility index (Phi) is 6.23. The highest BCUT2D eigenvalue weighted by molar-refractivity contribution is 5.68. The van der Waals surface area contributed by atoms with Gasteiger partial charge >= 0.3 is 6.09 Å². The van der Waals surface area contributed by atoms with Crippen molar-refractivity contribution in [3.63, 3.8) is 0 Å². The van der Waals surface area contributed by atoms with Crippen LogP contribution in [0.1, 0.15) is 20.8 Å². The van der Waals surface area contributed by atoms with Gasteiger partial charge in [0.25, 0.3) is 0 Å². The summed E-state index contributed by atoms with van der Waals surface area (Å²) in [5.41, 5.74) is 5.41. The predicted molar refractivity (Wildman–Crippen MR) is 80.8 cm³/mol. The molecule has 0 radical (unpaired) electrons. The lowest BCUT2D eigenvalue weighted by molar-refractivity contribution is 0.00410. The van der Waals surface area contributed by atoms with E-state index in [1.54, 1.807) is 4.90 Å². The SMILES string of the molecule is CN(C)CCN1CCN(C(=O)OC(C)(C)C)CC1CN. The Morgan fingerprint density at radius 2 is 2.00 bits per heavy atom. The van der Waals surface area contributed by atoms with Gasteiger partial charge in [0.15, 0.2) is 0 Å². The predicted octanol–water partition coefficient (Wildman–Crippen LogP) is 0.428. The minimum absolute atomic E-state index is 0.219. The number of carbonyl (C=O) groups is 1. The summed E-state index contributed by atoms with van der Waals surface area (Å²) >= 11 is 0. The lowest BCUT2D eigenvalue weighted by Gasteiger charge is -2.41. The van der Waals surface area contributed by atoms with E-state index in [2.05, 4.69) is 23.9 Å².